The summed E-state index contributed by atoms with van der Waals surface area (Å²) < 4.78 is 10.8. The summed E-state index contributed by atoms with van der Waals surface area (Å²) >= 11 is 0. The molecule has 2 aromatic heterocycles. The van der Waals surface area contributed by atoms with E-state index in [1.165, 1.54) is 0 Å². The molecule has 1 amide bonds. The quantitative estimate of drug-likeness (QED) is 0.192. The van der Waals surface area contributed by atoms with Crippen LogP contribution in [0.1, 0.15) is 60.2 Å². The number of halogens is 1. The lowest BCUT2D eigenvalue weighted by Gasteiger charge is -2.32. The normalized spacial score (nSPS) is 12.1. The second-order valence-corrected chi connectivity index (χ2v) is 8.57. The van der Waals surface area contributed by atoms with Crippen molar-refractivity contribution in [2.45, 2.75) is 71.9 Å². The number of ether oxygens (including phenoxy) is 1. The van der Waals surface area contributed by atoms with Gasteiger partial charge in [0.1, 0.15) is 11.4 Å². The molecule has 0 bridgehead atoms. The summed E-state index contributed by atoms with van der Waals surface area (Å²) in [5.41, 5.74) is -1.03. The van der Waals surface area contributed by atoms with Gasteiger partial charge in [-0.25, -0.2) is 9.78 Å². The predicted octanol–water partition coefficient (Wildman–Crippen LogP) is 3.86. The summed E-state index contributed by atoms with van der Waals surface area (Å²) in [5.74, 6) is 2.59. The molecule has 0 spiro atoms. The molecule has 2 aromatic rings. The molecule has 0 atom stereocenters. The van der Waals surface area contributed by atoms with Gasteiger partial charge >= 0.3 is 6.09 Å². The van der Waals surface area contributed by atoms with Crippen LogP contribution in [0, 0.1) is 0 Å². The molecule has 33 heavy (non-hydrogen) atoms. The number of aromatic amines is 1. The van der Waals surface area contributed by atoms with E-state index >= 15 is 0 Å². The molecular formula is C22H38IN7O3. The van der Waals surface area contributed by atoms with Crippen LogP contribution in [0.4, 0.5) is 4.79 Å². The van der Waals surface area contributed by atoms with E-state index in [0.29, 0.717) is 37.1 Å². The maximum Gasteiger partial charge on any atom is 0.408 e. The lowest BCUT2D eigenvalue weighted by atomic mass is 9.93. The Morgan fingerprint density at radius 2 is 1.94 bits per heavy atom. The second-order valence-electron chi connectivity index (χ2n) is 8.57. The lowest BCUT2D eigenvalue weighted by Crippen LogP contribution is -2.52. The highest BCUT2D eigenvalue weighted by Gasteiger charge is 2.30. The minimum absolute atomic E-state index is 0. The Balaban J connectivity index is 0.00000544. The van der Waals surface area contributed by atoms with Crippen molar-refractivity contribution in [3.05, 3.63) is 24.2 Å². The molecule has 0 aliphatic carbocycles. The molecule has 2 heterocycles. The van der Waals surface area contributed by atoms with E-state index in [9.17, 15) is 4.79 Å². The van der Waals surface area contributed by atoms with Crippen molar-refractivity contribution in [1.29, 1.82) is 0 Å². The number of rotatable bonds is 10. The highest BCUT2D eigenvalue weighted by atomic mass is 127. The van der Waals surface area contributed by atoms with Crippen LogP contribution in [-0.4, -0.2) is 58.0 Å². The molecule has 2 rings (SSSR count). The van der Waals surface area contributed by atoms with E-state index in [0.717, 1.165) is 25.2 Å². The summed E-state index contributed by atoms with van der Waals surface area (Å²) in [5, 5.41) is 16.7. The van der Waals surface area contributed by atoms with Crippen molar-refractivity contribution in [3.63, 3.8) is 0 Å². The minimum atomic E-state index is -0.547. The van der Waals surface area contributed by atoms with Gasteiger partial charge in [-0.3, -0.25) is 10.1 Å². The van der Waals surface area contributed by atoms with Crippen molar-refractivity contribution < 1.29 is 13.9 Å². The topological polar surface area (TPSA) is 129 Å². The number of nitrogens with zero attached hydrogens (tertiary/aromatic N) is 3. The van der Waals surface area contributed by atoms with Crippen molar-refractivity contribution >= 4 is 36.0 Å². The molecule has 0 aromatic carbocycles. The number of hydrogen-bond donors (Lipinski definition) is 4. The minimum Gasteiger partial charge on any atom is -0.461 e. The molecule has 0 saturated heterocycles. The lowest BCUT2D eigenvalue weighted by molar-refractivity contribution is 0.0452. The highest BCUT2D eigenvalue weighted by Crippen LogP contribution is 2.18. The van der Waals surface area contributed by atoms with Gasteiger partial charge in [0.15, 0.2) is 11.7 Å². The molecule has 0 fully saturated rings. The van der Waals surface area contributed by atoms with Crippen molar-refractivity contribution in [2.75, 3.05) is 19.6 Å². The third-order valence-corrected chi connectivity index (χ3v) is 4.93. The third kappa shape index (κ3) is 9.60. The number of carbonyl (C=O) groups is 1. The largest absolute Gasteiger partial charge is 0.461 e. The SMILES string of the molecule is CCNC(=NCC(CC)(CC)NC(=O)OC(C)(C)C)NCCc1nc(-c2ccco2)n[nH]1.I. The van der Waals surface area contributed by atoms with Crippen LogP contribution in [0.5, 0.6) is 0 Å². The molecule has 0 aliphatic heterocycles. The van der Waals surface area contributed by atoms with E-state index in [1.54, 1.807) is 12.3 Å². The molecule has 0 unspecified atom stereocenters. The summed E-state index contributed by atoms with van der Waals surface area (Å²) in [4.78, 5) is 21.5. The zero-order valence-electron chi connectivity index (χ0n) is 20.4. The van der Waals surface area contributed by atoms with Gasteiger partial charge in [-0.15, -0.1) is 24.0 Å². The van der Waals surface area contributed by atoms with Crippen LogP contribution in [0.25, 0.3) is 11.6 Å². The second kappa shape index (κ2) is 13.4. The van der Waals surface area contributed by atoms with Crippen LogP contribution < -0.4 is 16.0 Å². The fourth-order valence-electron chi connectivity index (χ4n) is 3.00. The number of alkyl carbamates (subject to hydrolysis) is 1. The first-order valence-electron chi connectivity index (χ1n) is 11.2. The van der Waals surface area contributed by atoms with Crippen LogP contribution >= 0.6 is 24.0 Å². The molecule has 186 valence electrons. The van der Waals surface area contributed by atoms with Crippen LogP contribution in [0.3, 0.4) is 0 Å². The van der Waals surface area contributed by atoms with E-state index in [4.69, 9.17) is 14.1 Å². The zero-order valence-corrected chi connectivity index (χ0v) is 22.8. The smallest absolute Gasteiger partial charge is 0.408 e. The number of H-pyrrole nitrogens is 1. The first-order chi connectivity index (χ1) is 15.2. The van der Waals surface area contributed by atoms with Gasteiger partial charge in [0.2, 0.25) is 5.82 Å². The predicted molar refractivity (Wildman–Crippen MR) is 140 cm³/mol. The maximum atomic E-state index is 12.3. The Labute approximate surface area is 213 Å². The average molecular weight is 575 g/mol. The van der Waals surface area contributed by atoms with Gasteiger partial charge in [0.05, 0.1) is 18.3 Å². The van der Waals surface area contributed by atoms with E-state index in [-0.39, 0.29) is 24.0 Å². The standard InChI is InChI=1S/C22H37N7O3.HI/c1-7-22(8-2,27-20(30)32-21(4,5)6)15-25-19(23-9-3)24-13-12-17-26-18(29-28-17)16-11-10-14-31-16;/h10-11,14H,7-9,12-13,15H2,1-6H3,(H,27,30)(H2,23,24,25)(H,26,28,29);1H. The highest BCUT2D eigenvalue weighted by molar-refractivity contribution is 14.0. The summed E-state index contributed by atoms with van der Waals surface area (Å²) in [6.45, 7) is 13.4. The molecule has 11 heteroatoms. The van der Waals surface area contributed by atoms with E-state index < -0.39 is 17.2 Å². The average Bonchev–Trinajstić information content (AvgIpc) is 3.41. The number of carbonyl (C=O) groups excluding carboxylic acids is 1. The number of guanidine groups is 1. The van der Waals surface area contributed by atoms with Crippen molar-refractivity contribution in [3.8, 4) is 11.6 Å². The molecule has 10 nitrogen and oxygen atoms in total. The van der Waals surface area contributed by atoms with Crippen LogP contribution in [-0.2, 0) is 11.2 Å². The summed E-state index contributed by atoms with van der Waals surface area (Å²) in [6.07, 6.45) is 3.28. The summed E-state index contributed by atoms with van der Waals surface area (Å²) in [7, 11) is 0. The third-order valence-electron chi connectivity index (χ3n) is 4.93. The maximum absolute atomic E-state index is 12.3. The first kappa shape index (κ1) is 28.7. The molecule has 0 aliphatic rings. The van der Waals surface area contributed by atoms with Gasteiger partial charge < -0.3 is 25.1 Å². The monoisotopic (exact) mass is 575 g/mol. The van der Waals surface area contributed by atoms with Gasteiger partial charge in [-0.05, 0) is 52.7 Å². The number of nitrogens with one attached hydrogen (secondary N) is 4. The van der Waals surface area contributed by atoms with Crippen molar-refractivity contribution in [2.24, 2.45) is 4.99 Å². The molecular weight excluding hydrogens is 537 g/mol. The number of amides is 1. The van der Waals surface area contributed by atoms with Gasteiger partial charge in [0.25, 0.3) is 0 Å². The zero-order chi connectivity index (χ0) is 23.6. The number of aliphatic imine (C=N–C) groups is 1. The Hall–Kier alpha value is -2.31. The van der Waals surface area contributed by atoms with Gasteiger partial charge in [-0.2, -0.15) is 5.10 Å². The number of furan rings is 1. The molecule has 0 saturated carbocycles. The molecule has 0 radical (unpaired) electrons. The van der Waals surface area contributed by atoms with E-state index in [1.807, 2.05) is 47.6 Å². The number of aromatic nitrogens is 3. The van der Waals surface area contributed by atoms with Crippen LogP contribution in [0.2, 0.25) is 0 Å². The molecule has 4 N–H and O–H groups in total. The van der Waals surface area contributed by atoms with Gasteiger partial charge in [-0.1, -0.05) is 13.8 Å². The Bertz CT molecular complexity index is 856. The Morgan fingerprint density at radius 1 is 1.21 bits per heavy atom. The van der Waals surface area contributed by atoms with E-state index in [2.05, 4.69) is 31.1 Å². The van der Waals surface area contributed by atoms with Crippen molar-refractivity contribution in [1.82, 2.24) is 31.1 Å². The Morgan fingerprint density at radius 3 is 2.52 bits per heavy atom. The fourth-order valence-corrected chi connectivity index (χ4v) is 3.00. The summed E-state index contributed by atoms with van der Waals surface area (Å²) in [6, 6.07) is 3.62. The number of hydrogen-bond acceptors (Lipinski definition) is 6. The fraction of sp³-hybridized carbons (Fsp3) is 0.636. The first-order valence-corrected chi connectivity index (χ1v) is 11.2. The Kier molecular flexibility index (Phi) is 11.7. The van der Waals surface area contributed by atoms with Crippen LogP contribution in [0.15, 0.2) is 27.8 Å². The van der Waals surface area contributed by atoms with Gasteiger partial charge in [0, 0.05) is 19.5 Å².